The van der Waals surface area contributed by atoms with E-state index in [0.717, 1.165) is 58.3 Å². The molecule has 6 heteroatoms. The van der Waals surface area contributed by atoms with Crippen molar-refractivity contribution >= 4 is 0 Å². The van der Waals surface area contributed by atoms with Crippen LogP contribution in [0.25, 0.3) is 0 Å². The van der Waals surface area contributed by atoms with Crippen LogP contribution < -0.4 is 16.8 Å². The molecule has 4 aliphatic rings. The summed E-state index contributed by atoms with van der Waals surface area (Å²) in [6.45, 7) is 15.2. The standard InChI is InChI=1S/C38H73N3O3/c1-5-6-7-8-9-10-21-41-22-11-14-28(2)31-15-16-32-36-33(27-35(38(31,32)4)44-24-13-20-40)37(3)18-17-30(43-23-12-19-39)25-29(37)26-34(36)42/h28-36,41-42H,5-27,39-40H2,1-4H3/t28?,29?,30-,31?,32+,33+,34-,35+,36?,37+,38-/m1/s1. The molecular weight excluding hydrogens is 546 g/mol. The Bertz CT molecular complexity index is 814. The lowest BCUT2D eigenvalue weighted by atomic mass is 9.43. The topological polar surface area (TPSA) is 103 Å². The Morgan fingerprint density at radius 1 is 0.818 bits per heavy atom. The summed E-state index contributed by atoms with van der Waals surface area (Å²) in [6.07, 6.45) is 21.0. The van der Waals surface area contributed by atoms with Crippen molar-refractivity contribution in [3.8, 4) is 0 Å². The van der Waals surface area contributed by atoms with Crippen molar-refractivity contribution < 1.29 is 14.6 Å². The third-order valence-corrected chi connectivity index (χ3v) is 13.6. The van der Waals surface area contributed by atoms with Crippen LogP contribution in [-0.4, -0.2) is 62.8 Å². The maximum Gasteiger partial charge on any atom is 0.0637 e. The summed E-state index contributed by atoms with van der Waals surface area (Å²) in [7, 11) is 0. The second-order valence-electron chi connectivity index (χ2n) is 16.1. The van der Waals surface area contributed by atoms with Gasteiger partial charge in [-0.2, -0.15) is 0 Å². The monoisotopic (exact) mass is 620 g/mol. The number of ether oxygens (including phenoxy) is 2. The zero-order chi connectivity index (χ0) is 31.6. The van der Waals surface area contributed by atoms with Crippen LogP contribution in [-0.2, 0) is 9.47 Å². The fraction of sp³-hybridized carbons (Fsp3) is 1.00. The Balaban J connectivity index is 1.39. The van der Waals surface area contributed by atoms with Crippen LogP contribution in [0.5, 0.6) is 0 Å². The first kappa shape index (κ1) is 36.6. The number of hydrogen-bond acceptors (Lipinski definition) is 6. The van der Waals surface area contributed by atoms with E-state index < -0.39 is 0 Å². The summed E-state index contributed by atoms with van der Waals surface area (Å²) >= 11 is 0. The second-order valence-corrected chi connectivity index (χ2v) is 16.1. The van der Waals surface area contributed by atoms with Gasteiger partial charge < -0.3 is 31.4 Å². The van der Waals surface area contributed by atoms with Crippen LogP contribution in [0, 0.1) is 46.3 Å². The maximum absolute atomic E-state index is 11.9. The van der Waals surface area contributed by atoms with Crippen molar-refractivity contribution in [2.45, 2.75) is 155 Å². The number of fused-ring (bicyclic) bond motifs is 5. The Hall–Kier alpha value is -0.240. The Morgan fingerprint density at radius 2 is 1.52 bits per heavy atom. The van der Waals surface area contributed by atoms with Crippen molar-refractivity contribution in [2.24, 2.45) is 57.8 Å². The molecule has 0 aliphatic heterocycles. The zero-order valence-corrected chi connectivity index (χ0v) is 29.4. The molecule has 4 rings (SSSR count). The van der Waals surface area contributed by atoms with Gasteiger partial charge in [-0.1, -0.05) is 59.8 Å². The molecule has 0 radical (unpaired) electrons. The van der Waals surface area contributed by atoms with Crippen LogP contribution in [0.2, 0.25) is 0 Å². The van der Waals surface area contributed by atoms with Gasteiger partial charge >= 0.3 is 0 Å². The molecule has 258 valence electrons. The van der Waals surface area contributed by atoms with Gasteiger partial charge in [0.15, 0.2) is 0 Å². The highest BCUT2D eigenvalue weighted by atomic mass is 16.5. The molecule has 0 aromatic heterocycles. The van der Waals surface area contributed by atoms with Gasteiger partial charge in [0.2, 0.25) is 0 Å². The first-order valence-corrected chi connectivity index (χ1v) is 19.3. The quantitative estimate of drug-likeness (QED) is 0.109. The van der Waals surface area contributed by atoms with Crippen LogP contribution >= 0.6 is 0 Å². The normalized spacial score (nSPS) is 39.1. The molecule has 4 aliphatic carbocycles. The van der Waals surface area contributed by atoms with Crippen molar-refractivity contribution in [1.29, 1.82) is 0 Å². The highest BCUT2D eigenvalue weighted by Gasteiger charge is 2.66. The molecule has 4 saturated carbocycles. The highest BCUT2D eigenvalue weighted by Crippen LogP contribution is 2.69. The van der Waals surface area contributed by atoms with E-state index in [-0.39, 0.29) is 23.0 Å². The van der Waals surface area contributed by atoms with Gasteiger partial charge in [0, 0.05) is 18.6 Å². The van der Waals surface area contributed by atoms with E-state index in [2.05, 4.69) is 33.0 Å². The molecule has 6 N–H and O–H groups in total. The van der Waals surface area contributed by atoms with Gasteiger partial charge in [0.05, 0.1) is 18.3 Å². The number of rotatable bonds is 20. The molecule has 0 amide bonds. The molecule has 0 aromatic carbocycles. The predicted molar refractivity (Wildman–Crippen MR) is 183 cm³/mol. The first-order chi connectivity index (χ1) is 21.3. The number of nitrogens with two attached hydrogens (primary N) is 2. The van der Waals surface area contributed by atoms with Crippen molar-refractivity contribution in [1.82, 2.24) is 5.32 Å². The van der Waals surface area contributed by atoms with Gasteiger partial charge in [0.1, 0.15) is 0 Å². The minimum atomic E-state index is -0.199. The Morgan fingerprint density at radius 3 is 2.27 bits per heavy atom. The average Bonchev–Trinajstić information content (AvgIpc) is 3.37. The van der Waals surface area contributed by atoms with Crippen LogP contribution in [0.4, 0.5) is 0 Å². The summed E-state index contributed by atoms with van der Waals surface area (Å²) < 4.78 is 13.2. The number of nitrogens with one attached hydrogen (secondary N) is 1. The highest BCUT2D eigenvalue weighted by molar-refractivity contribution is 5.15. The Kier molecular flexibility index (Phi) is 14.8. The largest absolute Gasteiger partial charge is 0.393 e. The van der Waals surface area contributed by atoms with E-state index in [1.54, 1.807) is 0 Å². The van der Waals surface area contributed by atoms with E-state index in [1.165, 1.54) is 77.2 Å². The third-order valence-electron chi connectivity index (χ3n) is 13.6. The molecule has 4 fully saturated rings. The summed E-state index contributed by atoms with van der Waals surface area (Å²) in [4.78, 5) is 0. The maximum atomic E-state index is 11.9. The lowest BCUT2D eigenvalue weighted by molar-refractivity contribution is -0.219. The van der Waals surface area contributed by atoms with Crippen LogP contribution in [0.3, 0.4) is 0 Å². The van der Waals surface area contributed by atoms with E-state index in [0.29, 0.717) is 54.7 Å². The first-order valence-electron chi connectivity index (χ1n) is 19.3. The van der Waals surface area contributed by atoms with Crippen LogP contribution in [0.1, 0.15) is 137 Å². The van der Waals surface area contributed by atoms with Crippen molar-refractivity contribution in [3.05, 3.63) is 0 Å². The molecule has 4 unspecified atom stereocenters. The average molecular weight is 620 g/mol. The number of aliphatic hydroxyl groups excluding tert-OH is 1. The van der Waals surface area contributed by atoms with Crippen molar-refractivity contribution in [2.75, 3.05) is 39.4 Å². The summed E-state index contributed by atoms with van der Waals surface area (Å²) in [5.74, 6) is 3.37. The number of aliphatic hydroxyl groups is 1. The van der Waals surface area contributed by atoms with E-state index in [1.807, 2.05) is 0 Å². The molecule has 0 saturated heterocycles. The molecule has 0 bridgehead atoms. The minimum absolute atomic E-state index is 0.133. The fourth-order valence-electron chi connectivity index (χ4n) is 11.0. The van der Waals surface area contributed by atoms with E-state index in [9.17, 15) is 5.11 Å². The van der Waals surface area contributed by atoms with Gasteiger partial charge in [-0.05, 0) is 144 Å². The lowest BCUT2D eigenvalue weighted by Gasteiger charge is -2.64. The zero-order valence-electron chi connectivity index (χ0n) is 29.4. The van der Waals surface area contributed by atoms with Gasteiger partial charge in [-0.3, -0.25) is 0 Å². The molecule has 0 aromatic rings. The number of hydrogen-bond donors (Lipinski definition) is 4. The lowest BCUT2D eigenvalue weighted by Crippen LogP contribution is -2.63. The number of unbranched alkanes of at least 4 members (excludes halogenated alkanes) is 5. The van der Waals surface area contributed by atoms with E-state index >= 15 is 0 Å². The minimum Gasteiger partial charge on any atom is -0.393 e. The predicted octanol–water partition coefficient (Wildman–Crippen LogP) is 7.06. The second kappa shape index (κ2) is 17.8. The van der Waals surface area contributed by atoms with Gasteiger partial charge in [0.25, 0.3) is 0 Å². The molecule has 6 nitrogen and oxygen atoms in total. The molecule has 0 heterocycles. The molecule has 44 heavy (non-hydrogen) atoms. The summed E-state index contributed by atoms with van der Waals surface area (Å²) in [5.41, 5.74) is 12.1. The molecule has 0 spiro atoms. The fourth-order valence-corrected chi connectivity index (χ4v) is 11.0. The molecule has 11 atom stereocenters. The van der Waals surface area contributed by atoms with E-state index in [4.69, 9.17) is 20.9 Å². The summed E-state index contributed by atoms with van der Waals surface area (Å²) in [5, 5.41) is 15.7. The molecular formula is C38H73N3O3. The van der Waals surface area contributed by atoms with Gasteiger partial charge in [-0.15, -0.1) is 0 Å². The third kappa shape index (κ3) is 8.42. The smallest absolute Gasteiger partial charge is 0.0637 e. The Labute approximate surface area is 271 Å². The van der Waals surface area contributed by atoms with Crippen molar-refractivity contribution in [3.63, 3.8) is 0 Å². The van der Waals surface area contributed by atoms with Gasteiger partial charge in [-0.25, -0.2) is 0 Å². The van der Waals surface area contributed by atoms with Crippen LogP contribution in [0.15, 0.2) is 0 Å². The summed E-state index contributed by atoms with van der Waals surface area (Å²) in [6, 6.07) is 0. The SMILES string of the molecule is CCCCCCCCNCCCC(C)C1CC[C@H]2C3[C@H](O)CC4C[C@H](OCCCN)CC[C@]4(C)[C@H]3C[C@H](OCCCN)[C@]12C.